The SMILES string of the molecule is CCN(CC(=O)N(C)C)Cc1cccc(C(N)=S)c1F. The van der Waals surface area contributed by atoms with Crippen LogP contribution in [0.25, 0.3) is 0 Å². The molecule has 0 aliphatic heterocycles. The second-order valence-electron chi connectivity index (χ2n) is 4.73. The van der Waals surface area contributed by atoms with Gasteiger partial charge in [0.05, 0.1) is 6.54 Å². The van der Waals surface area contributed by atoms with Crippen molar-refractivity contribution in [3.8, 4) is 0 Å². The van der Waals surface area contributed by atoms with Crippen LogP contribution >= 0.6 is 12.2 Å². The van der Waals surface area contributed by atoms with Crippen molar-refractivity contribution >= 4 is 23.1 Å². The topological polar surface area (TPSA) is 49.6 Å². The van der Waals surface area contributed by atoms with E-state index in [1.54, 1.807) is 32.3 Å². The maximum absolute atomic E-state index is 14.2. The van der Waals surface area contributed by atoms with Crippen LogP contribution in [0, 0.1) is 5.82 Å². The number of benzene rings is 1. The predicted molar refractivity (Wildman–Crippen MR) is 81.9 cm³/mol. The Balaban J connectivity index is 2.88. The Morgan fingerprint density at radius 2 is 2.05 bits per heavy atom. The molecular weight excluding hydrogens is 277 g/mol. The summed E-state index contributed by atoms with van der Waals surface area (Å²) in [4.78, 5) is 15.1. The van der Waals surface area contributed by atoms with Crippen molar-refractivity contribution in [1.29, 1.82) is 0 Å². The van der Waals surface area contributed by atoms with Gasteiger partial charge >= 0.3 is 0 Å². The first-order valence-corrected chi connectivity index (χ1v) is 6.77. The summed E-state index contributed by atoms with van der Waals surface area (Å²) in [6.45, 7) is 3.17. The number of thiocarbonyl (C=S) groups is 1. The third-order valence-electron chi connectivity index (χ3n) is 3.04. The van der Waals surface area contributed by atoms with Gasteiger partial charge in [-0.3, -0.25) is 9.69 Å². The second kappa shape index (κ2) is 7.31. The van der Waals surface area contributed by atoms with Crippen molar-refractivity contribution in [3.05, 3.63) is 35.1 Å². The first-order chi connectivity index (χ1) is 9.36. The molecule has 0 spiro atoms. The van der Waals surface area contributed by atoms with Crippen molar-refractivity contribution in [2.45, 2.75) is 13.5 Å². The third-order valence-corrected chi connectivity index (χ3v) is 3.26. The first-order valence-electron chi connectivity index (χ1n) is 6.36. The Hall–Kier alpha value is -1.53. The predicted octanol–water partition coefficient (Wildman–Crippen LogP) is 1.37. The fourth-order valence-corrected chi connectivity index (χ4v) is 1.90. The Kier molecular flexibility index (Phi) is 6.04. The molecule has 0 aliphatic carbocycles. The molecule has 0 bridgehead atoms. The quantitative estimate of drug-likeness (QED) is 0.806. The summed E-state index contributed by atoms with van der Waals surface area (Å²) in [6, 6.07) is 4.96. The van der Waals surface area contributed by atoms with E-state index in [1.165, 1.54) is 4.90 Å². The number of likely N-dealkylation sites (N-methyl/N-ethyl adjacent to an activating group) is 2. The second-order valence-corrected chi connectivity index (χ2v) is 5.17. The Labute approximate surface area is 124 Å². The Bertz CT molecular complexity index is 505. The number of nitrogens with zero attached hydrogens (tertiary/aromatic N) is 2. The van der Waals surface area contributed by atoms with Crippen LogP contribution < -0.4 is 5.73 Å². The number of amides is 1. The molecule has 0 aromatic heterocycles. The molecule has 0 saturated carbocycles. The number of rotatable bonds is 6. The average molecular weight is 297 g/mol. The number of hydrogen-bond donors (Lipinski definition) is 1. The molecule has 0 radical (unpaired) electrons. The van der Waals surface area contributed by atoms with Gasteiger partial charge in [-0.2, -0.15) is 0 Å². The summed E-state index contributed by atoms with van der Waals surface area (Å²) in [5, 5.41) is 0. The molecular formula is C14H20FN3OS. The van der Waals surface area contributed by atoms with Gasteiger partial charge < -0.3 is 10.6 Å². The molecule has 0 heterocycles. The Morgan fingerprint density at radius 3 is 2.55 bits per heavy atom. The lowest BCUT2D eigenvalue weighted by Gasteiger charge is -2.22. The molecule has 1 amide bonds. The minimum absolute atomic E-state index is 0.0160. The maximum Gasteiger partial charge on any atom is 0.236 e. The summed E-state index contributed by atoms with van der Waals surface area (Å²) < 4.78 is 14.2. The van der Waals surface area contributed by atoms with Crippen LogP contribution in [-0.2, 0) is 11.3 Å². The van der Waals surface area contributed by atoms with Crippen LogP contribution in [0.4, 0.5) is 4.39 Å². The molecule has 6 heteroatoms. The molecule has 0 aliphatic rings. The van der Waals surface area contributed by atoms with Crippen molar-refractivity contribution < 1.29 is 9.18 Å². The largest absolute Gasteiger partial charge is 0.389 e. The number of carbonyl (C=O) groups is 1. The van der Waals surface area contributed by atoms with E-state index in [-0.39, 0.29) is 23.0 Å². The zero-order valence-corrected chi connectivity index (χ0v) is 12.8. The van der Waals surface area contributed by atoms with Gasteiger partial charge in [-0.15, -0.1) is 0 Å². The number of hydrogen-bond acceptors (Lipinski definition) is 3. The zero-order chi connectivity index (χ0) is 15.3. The van der Waals surface area contributed by atoms with Gasteiger partial charge in [0.15, 0.2) is 0 Å². The zero-order valence-electron chi connectivity index (χ0n) is 12.0. The van der Waals surface area contributed by atoms with Crippen molar-refractivity contribution in [3.63, 3.8) is 0 Å². The lowest BCUT2D eigenvalue weighted by molar-refractivity contribution is -0.130. The summed E-state index contributed by atoms with van der Waals surface area (Å²) in [5.41, 5.74) is 6.22. The third kappa shape index (κ3) is 4.25. The van der Waals surface area contributed by atoms with Crippen LogP contribution in [0.3, 0.4) is 0 Å². The standard InChI is InChI=1S/C14H20FN3OS/c1-4-18(9-12(19)17(2)3)8-10-6-5-7-11(13(10)15)14(16)20/h5-7H,4,8-9H2,1-3H3,(H2,16,20). The minimum Gasteiger partial charge on any atom is -0.389 e. The monoisotopic (exact) mass is 297 g/mol. The minimum atomic E-state index is -0.407. The maximum atomic E-state index is 14.2. The normalized spacial score (nSPS) is 10.7. The molecule has 1 aromatic rings. The summed E-state index contributed by atoms with van der Waals surface area (Å²) in [7, 11) is 3.40. The van der Waals surface area contributed by atoms with E-state index < -0.39 is 5.82 Å². The van der Waals surface area contributed by atoms with E-state index in [1.807, 2.05) is 11.8 Å². The van der Waals surface area contributed by atoms with Gasteiger partial charge in [0.2, 0.25) is 5.91 Å². The fraction of sp³-hybridized carbons (Fsp3) is 0.429. The highest BCUT2D eigenvalue weighted by Crippen LogP contribution is 2.15. The lowest BCUT2D eigenvalue weighted by Crippen LogP contribution is -2.36. The average Bonchev–Trinajstić information content (AvgIpc) is 2.39. The molecule has 2 N–H and O–H groups in total. The smallest absolute Gasteiger partial charge is 0.236 e. The van der Waals surface area contributed by atoms with E-state index in [4.69, 9.17) is 18.0 Å². The molecule has 110 valence electrons. The van der Waals surface area contributed by atoms with Crippen molar-refractivity contribution in [1.82, 2.24) is 9.80 Å². The molecule has 0 unspecified atom stereocenters. The van der Waals surface area contributed by atoms with Crippen molar-refractivity contribution in [2.75, 3.05) is 27.2 Å². The van der Waals surface area contributed by atoms with Crippen LogP contribution in [-0.4, -0.2) is 47.9 Å². The molecule has 1 rings (SSSR count). The lowest BCUT2D eigenvalue weighted by atomic mass is 10.1. The summed E-state index contributed by atoms with van der Waals surface area (Å²) in [6.07, 6.45) is 0. The highest BCUT2D eigenvalue weighted by atomic mass is 32.1. The van der Waals surface area contributed by atoms with Crippen LogP contribution in [0.5, 0.6) is 0 Å². The number of halogens is 1. The van der Waals surface area contributed by atoms with Gasteiger partial charge in [0.25, 0.3) is 0 Å². The van der Waals surface area contributed by atoms with Gasteiger partial charge in [-0.25, -0.2) is 4.39 Å². The number of carbonyl (C=O) groups excluding carboxylic acids is 1. The van der Waals surface area contributed by atoms with Crippen LogP contribution in [0.2, 0.25) is 0 Å². The van der Waals surface area contributed by atoms with Gasteiger partial charge in [0, 0.05) is 31.8 Å². The van der Waals surface area contributed by atoms with Gasteiger partial charge in [0.1, 0.15) is 10.8 Å². The molecule has 0 fully saturated rings. The fourth-order valence-electron chi connectivity index (χ4n) is 1.75. The highest BCUT2D eigenvalue weighted by molar-refractivity contribution is 7.80. The molecule has 20 heavy (non-hydrogen) atoms. The van der Waals surface area contributed by atoms with E-state index in [0.29, 0.717) is 18.7 Å². The molecule has 1 aromatic carbocycles. The highest BCUT2D eigenvalue weighted by Gasteiger charge is 2.15. The van der Waals surface area contributed by atoms with E-state index >= 15 is 0 Å². The molecule has 4 nitrogen and oxygen atoms in total. The summed E-state index contributed by atoms with van der Waals surface area (Å²) in [5.74, 6) is -0.423. The number of nitrogens with two attached hydrogens (primary N) is 1. The van der Waals surface area contributed by atoms with E-state index in [9.17, 15) is 9.18 Å². The first kappa shape index (κ1) is 16.5. The van der Waals surface area contributed by atoms with Gasteiger partial charge in [-0.05, 0) is 12.6 Å². The van der Waals surface area contributed by atoms with Crippen molar-refractivity contribution in [2.24, 2.45) is 5.73 Å². The van der Waals surface area contributed by atoms with Crippen LogP contribution in [0.1, 0.15) is 18.1 Å². The van der Waals surface area contributed by atoms with Gasteiger partial charge in [-0.1, -0.05) is 31.3 Å². The molecule has 0 saturated heterocycles. The van der Waals surface area contributed by atoms with Crippen LogP contribution in [0.15, 0.2) is 18.2 Å². The molecule has 0 atom stereocenters. The Morgan fingerprint density at radius 1 is 1.40 bits per heavy atom. The van der Waals surface area contributed by atoms with E-state index in [0.717, 1.165) is 0 Å². The van der Waals surface area contributed by atoms with E-state index in [2.05, 4.69) is 0 Å². The summed E-state index contributed by atoms with van der Waals surface area (Å²) >= 11 is 4.82.